The molecule has 0 aliphatic heterocycles. The summed E-state index contributed by atoms with van der Waals surface area (Å²) in [5, 5.41) is 3.37. The van der Waals surface area contributed by atoms with Crippen molar-refractivity contribution in [2.24, 2.45) is 0 Å². The van der Waals surface area contributed by atoms with E-state index in [0.29, 0.717) is 26.4 Å². The molecule has 1 amide bonds. The lowest BCUT2D eigenvalue weighted by atomic mass is 10.1. The van der Waals surface area contributed by atoms with E-state index in [9.17, 15) is 4.79 Å². The van der Waals surface area contributed by atoms with Gasteiger partial charge in [0.1, 0.15) is 0 Å². The van der Waals surface area contributed by atoms with Crippen molar-refractivity contribution in [2.45, 2.75) is 6.92 Å². The highest BCUT2D eigenvalue weighted by Crippen LogP contribution is 2.36. The summed E-state index contributed by atoms with van der Waals surface area (Å²) in [6.45, 7) is 1.84. The SMILES string of the molecule is Cc1ccc(N)cc1C(=O)Nc1ccc(Br)c(Cl)c1Cl. The molecule has 0 aromatic heterocycles. The highest BCUT2D eigenvalue weighted by molar-refractivity contribution is 9.10. The first kappa shape index (κ1) is 15.2. The minimum atomic E-state index is -0.282. The van der Waals surface area contributed by atoms with Crippen LogP contribution in [0.3, 0.4) is 0 Å². The number of amides is 1. The Balaban J connectivity index is 2.33. The van der Waals surface area contributed by atoms with Crippen LogP contribution in [0.25, 0.3) is 0 Å². The predicted octanol–water partition coefficient (Wildman–Crippen LogP) is 4.90. The summed E-state index contributed by atoms with van der Waals surface area (Å²) in [6, 6.07) is 8.56. The van der Waals surface area contributed by atoms with Crippen LogP contribution >= 0.6 is 39.1 Å². The summed E-state index contributed by atoms with van der Waals surface area (Å²) in [5.41, 5.74) is 8.01. The predicted molar refractivity (Wildman–Crippen MR) is 87.7 cm³/mol. The third kappa shape index (κ3) is 3.08. The van der Waals surface area contributed by atoms with Gasteiger partial charge in [-0.05, 0) is 52.7 Å². The van der Waals surface area contributed by atoms with Crippen molar-refractivity contribution in [2.75, 3.05) is 11.1 Å². The maximum absolute atomic E-state index is 12.3. The summed E-state index contributed by atoms with van der Waals surface area (Å²) in [6.07, 6.45) is 0. The van der Waals surface area contributed by atoms with Gasteiger partial charge < -0.3 is 11.1 Å². The van der Waals surface area contributed by atoms with Crippen molar-refractivity contribution in [3.63, 3.8) is 0 Å². The second kappa shape index (κ2) is 6.04. The number of halogens is 3. The van der Waals surface area contributed by atoms with E-state index >= 15 is 0 Å². The molecular formula is C14H11BrCl2N2O. The molecule has 0 fully saturated rings. The molecule has 20 heavy (non-hydrogen) atoms. The van der Waals surface area contributed by atoms with E-state index in [0.717, 1.165) is 5.56 Å². The van der Waals surface area contributed by atoms with E-state index in [-0.39, 0.29) is 10.9 Å². The van der Waals surface area contributed by atoms with E-state index in [1.54, 1.807) is 30.3 Å². The van der Waals surface area contributed by atoms with Gasteiger partial charge >= 0.3 is 0 Å². The molecule has 3 N–H and O–H groups in total. The van der Waals surface area contributed by atoms with Crippen LogP contribution in [-0.4, -0.2) is 5.91 Å². The molecule has 0 saturated heterocycles. The van der Waals surface area contributed by atoms with Crippen molar-refractivity contribution in [1.29, 1.82) is 0 Å². The molecule has 6 heteroatoms. The zero-order valence-electron chi connectivity index (χ0n) is 10.5. The second-order valence-electron chi connectivity index (χ2n) is 4.25. The van der Waals surface area contributed by atoms with Gasteiger partial charge in [0.25, 0.3) is 5.91 Å². The Hall–Kier alpha value is -1.23. The average molecular weight is 374 g/mol. The fourth-order valence-electron chi connectivity index (χ4n) is 1.70. The van der Waals surface area contributed by atoms with Crippen LogP contribution in [0.2, 0.25) is 10.0 Å². The number of carbonyl (C=O) groups excluding carboxylic acids is 1. The van der Waals surface area contributed by atoms with Crippen molar-refractivity contribution in [3.05, 3.63) is 56.0 Å². The van der Waals surface area contributed by atoms with E-state index in [4.69, 9.17) is 28.9 Å². The standard InChI is InChI=1S/C14H11BrCl2N2O/c1-7-2-3-8(18)6-9(7)14(20)19-11-5-4-10(15)12(16)13(11)17/h2-6H,18H2,1H3,(H,19,20). The molecule has 2 aromatic carbocycles. The Morgan fingerprint density at radius 3 is 2.60 bits per heavy atom. The molecule has 2 rings (SSSR count). The van der Waals surface area contributed by atoms with E-state index in [1.807, 2.05) is 6.92 Å². The summed E-state index contributed by atoms with van der Waals surface area (Å²) in [4.78, 5) is 12.3. The number of carbonyl (C=O) groups is 1. The minimum absolute atomic E-state index is 0.282. The first-order valence-electron chi connectivity index (χ1n) is 5.71. The maximum Gasteiger partial charge on any atom is 0.256 e. The topological polar surface area (TPSA) is 55.1 Å². The van der Waals surface area contributed by atoms with E-state index in [1.165, 1.54) is 0 Å². The first-order valence-corrected chi connectivity index (χ1v) is 7.26. The molecule has 3 nitrogen and oxygen atoms in total. The van der Waals surface area contributed by atoms with Crippen LogP contribution in [-0.2, 0) is 0 Å². The summed E-state index contributed by atoms with van der Waals surface area (Å²) in [5.74, 6) is -0.282. The zero-order chi connectivity index (χ0) is 14.9. The second-order valence-corrected chi connectivity index (χ2v) is 5.86. The molecule has 0 aliphatic rings. The van der Waals surface area contributed by atoms with Crippen LogP contribution in [0, 0.1) is 6.92 Å². The van der Waals surface area contributed by atoms with Gasteiger partial charge in [-0.15, -0.1) is 0 Å². The zero-order valence-corrected chi connectivity index (χ0v) is 13.6. The number of hydrogen-bond acceptors (Lipinski definition) is 2. The number of rotatable bonds is 2. The fourth-order valence-corrected chi connectivity index (χ4v) is 2.52. The molecule has 0 atom stereocenters. The Labute approximate surface area is 135 Å². The highest BCUT2D eigenvalue weighted by atomic mass is 79.9. The molecular weight excluding hydrogens is 363 g/mol. The third-order valence-electron chi connectivity index (χ3n) is 2.79. The van der Waals surface area contributed by atoms with Crippen molar-refractivity contribution in [3.8, 4) is 0 Å². The summed E-state index contributed by atoms with van der Waals surface area (Å²) in [7, 11) is 0. The molecule has 0 aliphatic carbocycles. The normalized spacial score (nSPS) is 10.4. The molecule has 104 valence electrons. The average Bonchev–Trinajstić information content (AvgIpc) is 2.42. The number of nitrogens with two attached hydrogens (primary N) is 1. The molecule has 0 bridgehead atoms. The number of anilines is 2. The van der Waals surface area contributed by atoms with Gasteiger partial charge in [-0.25, -0.2) is 0 Å². The molecule has 0 saturated carbocycles. The van der Waals surface area contributed by atoms with Gasteiger partial charge in [0.2, 0.25) is 0 Å². The fraction of sp³-hybridized carbons (Fsp3) is 0.0714. The lowest BCUT2D eigenvalue weighted by Gasteiger charge is -2.11. The molecule has 2 aromatic rings. The lowest BCUT2D eigenvalue weighted by molar-refractivity contribution is 0.102. The van der Waals surface area contributed by atoms with Crippen molar-refractivity contribution >= 4 is 56.4 Å². The first-order chi connectivity index (χ1) is 9.40. The minimum Gasteiger partial charge on any atom is -0.399 e. The Morgan fingerprint density at radius 2 is 1.90 bits per heavy atom. The monoisotopic (exact) mass is 372 g/mol. The highest BCUT2D eigenvalue weighted by Gasteiger charge is 2.14. The van der Waals surface area contributed by atoms with Gasteiger partial charge in [0.05, 0.1) is 15.7 Å². The molecule has 0 unspecified atom stereocenters. The molecule has 0 radical (unpaired) electrons. The smallest absolute Gasteiger partial charge is 0.256 e. The summed E-state index contributed by atoms with van der Waals surface area (Å²) >= 11 is 15.4. The number of aryl methyl sites for hydroxylation is 1. The number of nitrogen functional groups attached to an aromatic ring is 1. The van der Waals surface area contributed by atoms with Crippen LogP contribution in [0.15, 0.2) is 34.8 Å². The Bertz CT molecular complexity index is 689. The number of hydrogen-bond donors (Lipinski definition) is 2. The Kier molecular flexibility index (Phi) is 4.58. The molecule has 0 heterocycles. The molecule has 0 spiro atoms. The van der Waals surface area contributed by atoms with E-state index < -0.39 is 0 Å². The third-order valence-corrected chi connectivity index (χ3v) is 4.56. The van der Waals surface area contributed by atoms with Crippen LogP contribution in [0.4, 0.5) is 11.4 Å². The van der Waals surface area contributed by atoms with Gasteiger partial charge in [-0.2, -0.15) is 0 Å². The van der Waals surface area contributed by atoms with Gasteiger partial charge in [0, 0.05) is 15.7 Å². The van der Waals surface area contributed by atoms with Crippen LogP contribution < -0.4 is 11.1 Å². The van der Waals surface area contributed by atoms with Crippen LogP contribution in [0.5, 0.6) is 0 Å². The van der Waals surface area contributed by atoms with Gasteiger partial charge in [0.15, 0.2) is 0 Å². The summed E-state index contributed by atoms with van der Waals surface area (Å²) < 4.78 is 0.669. The quantitative estimate of drug-likeness (QED) is 0.581. The van der Waals surface area contributed by atoms with Gasteiger partial charge in [-0.1, -0.05) is 29.3 Å². The number of nitrogens with one attached hydrogen (secondary N) is 1. The largest absolute Gasteiger partial charge is 0.399 e. The maximum atomic E-state index is 12.3. The van der Waals surface area contributed by atoms with Crippen molar-refractivity contribution < 1.29 is 4.79 Å². The Morgan fingerprint density at radius 1 is 1.20 bits per heavy atom. The van der Waals surface area contributed by atoms with Gasteiger partial charge in [-0.3, -0.25) is 4.79 Å². The lowest BCUT2D eigenvalue weighted by Crippen LogP contribution is -2.14. The number of benzene rings is 2. The van der Waals surface area contributed by atoms with Crippen LogP contribution in [0.1, 0.15) is 15.9 Å². The van der Waals surface area contributed by atoms with E-state index in [2.05, 4.69) is 21.2 Å². The van der Waals surface area contributed by atoms with Crippen molar-refractivity contribution in [1.82, 2.24) is 0 Å².